The van der Waals surface area contributed by atoms with Crippen LogP contribution in [0.5, 0.6) is 0 Å². The second-order valence-electron chi connectivity index (χ2n) is 4.30. The molecule has 2 rings (SSSR count). The SMILES string of the molecule is NC(=O)COCCNC(c1cccs1)C1CC1. The van der Waals surface area contributed by atoms with Crippen LogP contribution < -0.4 is 11.1 Å². The normalized spacial score (nSPS) is 16.9. The van der Waals surface area contributed by atoms with Crippen LogP contribution in [-0.4, -0.2) is 25.7 Å². The van der Waals surface area contributed by atoms with Gasteiger partial charge >= 0.3 is 0 Å². The number of nitrogens with one attached hydrogen (secondary N) is 1. The molecular weight excluding hydrogens is 236 g/mol. The number of hydrogen-bond acceptors (Lipinski definition) is 4. The molecule has 0 saturated heterocycles. The van der Waals surface area contributed by atoms with Crippen LogP contribution in [0.15, 0.2) is 17.5 Å². The van der Waals surface area contributed by atoms with Crippen molar-refractivity contribution < 1.29 is 9.53 Å². The summed E-state index contributed by atoms with van der Waals surface area (Å²) in [6, 6.07) is 4.71. The molecule has 0 bridgehead atoms. The molecule has 3 N–H and O–H groups in total. The summed E-state index contributed by atoms with van der Waals surface area (Å²) in [5, 5.41) is 5.60. The van der Waals surface area contributed by atoms with Crippen molar-refractivity contribution in [2.75, 3.05) is 19.8 Å². The van der Waals surface area contributed by atoms with Crippen molar-refractivity contribution in [1.82, 2.24) is 5.32 Å². The van der Waals surface area contributed by atoms with Crippen LogP contribution in [0, 0.1) is 5.92 Å². The number of carbonyl (C=O) groups is 1. The summed E-state index contributed by atoms with van der Waals surface area (Å²) in [5.41, 5.74) is 4.99. The quantitative estimate of drug-likeness (QED) is 0.687. The van der Waals surface area contributed by atoms with Crippen molar-refractivity contribution >= 4 is 17.2 Å². The number of hydrogen-bond donors (Lipinski definition) is 2. The molecule has 0 aromatic carbocycles. The Morgan fingerprint density at radius 1 is 1.65 bits per heavy atom. The number of primary amides is 1. The molecule has 1 aromatic rings. The first-order valence-corrected chi connectivity index (χ1v) is 6.78. The maximum absolute atomic E-state index is 10.5. The zero-order valence-electron chi connectivity index (χ0n) is 9.72. The van der Waals surface area contributed by atoms with E-state index in [-0.39, 0.29) is 6.61 Å². The minimum Gasteiger partial charge on any atom is -0.370 e. The standard InChI is InChI=1S/C12H18N2O2S/c13-11(15)8-16-6-5-14-12(9-3-4-9)10-2-1-7-17-10/h1-2,7,9,12,14H,3-6,8H2,(H2,13,15). The van der Waals surface area contributed by atoms with Gasteiger partial charge in [0.25, 0.3) is 0 Å². The van der Waals surface area contributed by atoms with Crippen molar-refractivity contribution in [2.45, 2.75) is 18.9 Å². The molecule has 1 fully saturated rings. The smallest absolute Gasteiger partial charge is 0.243 e. The zero-order chi connectivity index (χ0) is 12.1. The third-order valence-corrected chi connectivity index (χ3v) is 3.75. The number of carbonyl (C=O) groups excluding carboxylic acids is 1. The van der Waals surface area contributed by atoms with Gasteiger partial charge in [-0.15, -0.1) is 11.3 Å². The Kier molecular flexibility index (Phi) is 4.53. The third kappa shape index (κ3) is 4.11. The topological polar surface area (TPSA) is 64.4 Å². The van der Waals surface area contributed by atoms with E-state index in [2.05, 4.69) is 22.8 Å². The molecule has 4 nitrogen and oxygen atoms in total. The number of ether oxygens (including phenoxy) is 1. The first-order chi connectivity index (χ1) is 8.27. The average molecular weight is 254 g/mol. The number of thiophene rings is 1. The Balaban J connectivity index is 1.70. The summed E-state index contributed by atoms with van der Waals surface area (Å²) in [5.74, 6) is 0.354. The van der Waals surface area contributed by atoms with E-state index in [9.17, 15) is 4.79 Å². The van der Waals surface area contributed by atoms with Gasteiger partial charge in [0, 0.05) is 17.5 Å². The highest BCUT2D eigenvalue weighted by Gasteiger charge is 2.32. The van der Waals surface area contributed by atoms with Gasteiger partial charge in [-0.3, -0.25) is 4.79 Å². The summed E-state index contributed by atoms with van der Waals surface area (Å²) < 4.78 is 5.13. The van der Waals surface area contributed by atoms with Crippen molar-refractivity contribution in [3.05, 3.63) is 22.4 Å². The van der Waals surface area contributed by atoms with Gasteiger partial charge in [0.05, 0.1) is 6.61 Å². The van der Waals surface area contributed by atoms with Crippen LogP contribution in [0.25, 0.3) is 0 Å². The predicted octanol–water partition coefficient (Wildman–Crippen LogP) is 1.29. The monoisotopic (exact) mass is 254 g/mol. The Morgan fingerprint density at radius 3 is 3.06 bits per heavy atom. The molecule has 0 spiro atoms. The van der Waals surface area contributed by atoms with Gasteiger partial charge in [-0.05, 0) is 30.2 Å². The Morgan fingerprint density at radius 2 is 2.47 bits per heavy atom. The molecule has 1 heterocycles. The van der Waals surface area contributed by atoms with Crippen LogP contribution in [-0.2, 0) is 9.53 Å². The molecule has 1 amide bonds. The maximum Gasteiger partial charge on any atom is 0.243 e. The van der Waals surface area contributed by atoms with E-state index >= 15 is 0 Å². The molecule has 0 radical (unpaired) electrons. The lowest BCUT2D eigenvalue weighted by Gasteiger charge is -2.16. The molecule has 5 heteroatoms. The van der Waals surface area contributed by atoms with Gasteiger partial charge in [-0.2, -0.15) is 0 Å². The zero-order valence-corrected chi connectivity index (χ0v) is 10.5. The number of amides is 1. The Labute approximate surface area is 105 Å². The van der Waals surface area contributed by atoms with E-state index in [1.165, 1.54) is 17.7 Å². The van der Waals surface area contributed by atoms with Crippen molar-refractivity contribution in [3.8, 4) is 0 Å². The fraction of sp³-hybridized carbons (Fsp3) is 0.583. The third-order valence-electron chi connectivity index (χ3n) is 2.80. The van der Waals surface area contributed by atoms with Gasteiger partial charge < -0.3 is 15.8 Å². The highest BCUT2D eigenvalue weighted by Crippen LogP contribution is 2.42. The lowest BCUT2D eigenvalue weighted by Crippen LogP contribution is -2.28. The van der Waals surface area contributed by atoms with Crippen LogP contribution in [0.3, 0.4) is 0 Å². The molecule has 94 valence electrons. The summed E-state index contributed by atoms with van der Waals surface area (Å²) in [7, 11) is 0. The largest absolute Gasteiger partial charge is 0.370 e. The first kappa shape index (κ1) is 12.5. The van der Waals surface area contributed by atoms with Gasteiger partial charge in [0.1, 0.15) is 6.61 Å². The van der Waals surface area contributed by atoms with Crippen molar-refractivity contribution in [2.24, 2.45) is 11.7 Å². The second-order valence-corrected chi connectivity index (χ2v) is 5.28. The molecule has 1 unspecified atom stereocenters. The van der Waals surface area contributed by atoms with E-state index in [1.54, 1.807) is 11.3 Å². The van der Waals surface area contributed by atoms with E-state index in [4.69, 9.17) is 10.5 Å². The van der Waals surface area contributed by atoms with E-state index < -0.39 is 5.91 Å². The fourth-order valence-corrected chi connectivity index (χ4v) is 2.75. The Hall–Kier alpha value is -0.910. The van der Waals surface area contributed by atoms with Gasteiger partial charge in [0.2, 0.25) is 5.91 Å². The number of rotatable bonds is 8. The summed E-state index contributed by atoms with van der Waals surface area (Å²) >= 11 is 1.79. The van der Waals surface area contributed by atoms with Crippen LogP contribution in [0.1, 0.15) is 23.8 Å². The predicted molar refractivity (Wildman–Crippen MR) is 67.8 cm³/mol. The summed E-state index contributed by atoms with van der Waals surface area (Å²) in [6.45, 7) is 1.29. The maximum atomic E-state index is 10.5. The van der Waals surface area contributed by atoms with E-state index in [0.717, 1.165) is 12.5 Å². The minimum absolute atomic E-state index is 0.00871. The van der Waals surface area contributed by atoms with Crippen LogP contribution in [0.2, 0.25) is 0 Å². The van der Waals surface area contributed by atoms with Crippen LogP contribution >= 0.6 is 11.3 Å². The summed E-state index contributed by atoms with van der Waals surface area (Å²) in [4.78, 5) is 11.9. The van der Waals surface area contributed by atoms with E-state index in [0.29, 0.717) is 12.6 Å². The molecule has 1 aromatic heterocycles. The van der Waals surface area contributed by atoms with Crippen molar-refractivity contribution in [3.63, 3.8) is 0 Å². The van der Waals surface area contributed by atoms with Gasteiger partial charge in [-0.25, -0.2) is 0 Å². The lowest BCUT2D eigenvalue weighted by atomic mass is 10.1. The van der Waals surface area contributed by atoms with Gasteiger partial charge in [0.15, 0.2) is 0 Å². The molecule has 0 aliphatic heterocycles. The van der Waals surface area contributed by atoms with Gasteiger partial charge in [-0.1, -0.05) is 6.07 Å². The Bertz CT molecular complexity index is 349. The lowest BCUT2D eigenvalue weighted by molar-refractivity contribution is -0.122. The molecule has 1 aliphatic carbocycles. The average Bonchev–Trinajstić information content (AvgIpc) is 2.98. The van der Waals surface area contributed by atoms with E-state index in [1.807, 2.05) is 0 Å². The van der Waals surface area contributed by atoms with Crippen molar-refractivity contribution in [1.29, 1.82) is 0 Å². The first-order valence-electron chi connectivity index (χ1n) is 5.90. The van der Waals surface area contributed by atoms with Crippen LogP contribution in [0.4, 0.5) is 0 Å². The molecule has 17 heavy (non-hydrogen) atoms. The molecule has 1 aliphatic rings. The highest BCUT2D eigenvalue weighted by molar-refractivity contribution is 7.10. The second kappa shape index (κ2) is 6.14. The molecular formula is C12H18N2O2S. The highest BCUT2D eigenvalue weighted by atomic mass is 32.1. The molecule has 1 saturated carbocycles. The fourth-order valence-electron chi connectivity index (χ4n) is 1.86. The number of nitrogens with two attached hydrogens (primary N) is 1. The minimum atomic E-state index is -0.415. The molecule has 1 atom stereocenters. The summed E-state index contributed by atoms with van der Waals surface area (Å²) in [6.07, 6.45) is 2.61.